The Morgan fingerprint density at radius 3 is 2.88 bits per heavy atom. The van der Waals surface area contributed by atoms with Crippen LogP contribution in [-0.2, 0) is 11.3 Å². The van der Waals surface area contributed by atoms with Gasteiger partial charge in [-0.1, -0.05) is 18.2 Å². The van der Waals surface area contributed by atoms with Crippen LogP contribution in [0.1, 0.15) is 17.5 Å². The zero-order valence-electron chi connectivity index (χ0n) is 13.5. The van der Waals surface area contributed by atoms with Crippen LogP contribution in [-0.4, -0.2) is 16.9 Å². The van der Waals surface area contributed by atoms with Gasteiger partial charge in [-0.15, -0.1) is 11.3 Å². The van der Waals surface area contributed by atoms with Gasteiger partial charge in [-0.05, 0) is 38.1 Å². The Bertz CT molecular complexity index is 878. The molecule has 0 spiro atoms. The zero-order chi connectivity index (χ0) is 17.1. The minimum absolute atomic E-state index is 0.171. The number of benzene rings is 2. The predicted octanol–water partition coefficient (Wildman–Crippen LogP) is 3.86. The molecular weight excluding hydrogens is 325 g/mol. The van der Waals surface area contributed by atoms with Crippen LogP contribution in [0.4, 0.5) is 10.1 Å². The normalized spacial score (nSPS) is 12.1. The Morgan fingerprint density at radius 2 is 2.08 bits per heavy atom. The molecule has 1 unspecified atom stereocenters. The van der Waals surface area contributed by atoms with Gasteiger partial charge in [-0.3, -0.25) is 4.79 Å². The summed E-state index contributed by atoms with van der Waals surface area (Å²) in [6.45, 7) is 3.92. The van der Waals surface area contributed by atoms with Gasteiger partial charge in [-0.25, -0.2) is 9.37 Å². The highest BCUT2D eigenvalue weighted by molar-refractivity contribution is 7.18. The number of rotatable bonds is 5. The Kier molecular flexibility index (Phi) is 4.76. The van der Waals surface area contributed by atoms with Crippen LogP contribution in [0.25, 0.3) is 10.2 Å². The first-order chi connectivity index (χ1) is 11.5. The molecule has 0 aliphatic heterocycles. The third kappa shape index (κ3) is 3.71. The van der Waals surface area contributed by atoms with E-state index >= 15 is 0 Å². The molecule has 0 radical (unpaired) electrons. The highest BCUT2D eigenvalue weighted by Gasteiger charge is 2.13. The van der Waals surface area contributed by atoms with Crippen molar-refractivity contribution in [3.8, 4) is 0 Å². The number of thiazole rings is 1. The number of hydrogen-bond donors (Lipinski definition) is 2. The molecule has 24 heavy (non-hydrogen) atoms. The van der Waals surface area contributed by atoms with Crippen molar-refractivity contribution in [2.75, 3.05) is 5.32 Å². The van der Waals surface area contributed by atoms with Gasteiger partial charge in [0.2, 0.25) is 5.91 Å². The fourth-order valence-electron chi connectivity index (χ4n) is 2.42. The smallest absolute Gasteiger partial charge is 0.242 e. The van der Waals surface area contributed by atoms with Crippen LogP contribution in [0, 0.1) is 12.7 Å². The summed E-state index contributed by atoms with van der Waals surface area (Å²) in [5.74, 6) is -0.497. The molecule has 0 aliphatic carbocycles. The zero-order valence-corrected chi connectivity index (χ0v) is 14.3. The molecule has 1 atom stereocenters. The van der Waals surface area contributed by atoms with Crippen molar-refractivity contribution >= 4 is 33.1 Å². The maximum Gasteiger partial charge on any atom is 0.242 e. The summed E-state index contributed by atoms with van der Waals surface area (Å²) < 4.78 is 14.6. The summed E-state index contributed by atoms with van der Waals surface area (Å²) in [7, 11) is 0. The number of amides is 1. The van der Waals surface area contributed by atoms with E-state index in [1.807, 2.05) is 25.1 Å². The molecule has 0 saturated heterocycles. The number of anilines is 1. The van der Waals surface area contributed by atoms with Crippen molar-refractivity contribution in [3.63, 3.8) is 0 Å². The average Bonchev–Trinajstić information content (AvgIpc) is 2.93. The second kappa shape index (κ2) is 6.97. The van der Waals surface area contributed by atoms with Crippen LogP contribution in [0.5, 0.6) is 0 Å². The number of carbonyl (C=O) groups is 1. The fourth-order valence-corrected chi connectivity index (χ4v) is 3.29. The molecule has 2 N–H and O–H groups in total. The van der Waals surface area contributed by atoms with E-state index in [4.69, 9.17) is 0 Å². The molecule has 0 saturated carbocycles. The number of halogens is 1. The monoisotopic (exact) mass is 343 g/mol. The van der Waals surface area contributed by atoms with Crippen LogP contribution in [0.2, 0.25) is 0 Å². The number of hydrogen-bond acceptors (Lipinski definition) is 4. The topological polar surface area (TPSA) is 54.0 Å². The van der Waals surface area contributed by atoms with E-state index in [2.05, 4.69) is 15.6 Å². The van der Waals surface area contributed by atoms with Crippen molar-refractivity contribution in [1.82, 2.24) is 10.3 Å². The number of nitrogens with one attached hydrogen (secondary N) is 2. The predicted molar refractivity (Wildman–Crippen MR) is 95.7 cm³/mol. The molecule has 1 amide bonds. The van der Waals surface area contributed by atoms with Crippen LogP contribution in [0.15, 0.2) is 42.5 Å². The van der Waals surface area contributed by atoms with Gasteiger partial charge in [0, 0.05) is 17.8 Å². The summed E-state index contributed by atoms with van der Waals surface area (Å²) in [6, 6.07) is 11.8. The van der Waals surface area contributed by atoms with Crippen LogP contribution >= 0.6 is 11.3 Å². The lowest BCUT2D eigenvalue weighted by atomic mass is 10.2. The Labute approximate surface area is 143 Å². The number of carbonyl (C=O) groups excluding carboxylic acids is 1. The van der Waals surface area contributed by atoms with Gasteiger partial charge < -0.3 is 10.6 Å². The Balaban J connectivity index is 1.61. The summed E-state index contributed by atoms with van der Waals surface area (Å²) in [4.78, 5) is 16.6. The number of aryl methyl sites for hydroxylation is 1. The molecule has 1 aromatic heterocycles. The van der Waals surface area contributed by atoms with E-state index in [1.54, 1.807) is 36.5 Å². The van der Waals surface area contributed by atoms with E-state index in [0.717, 1.165) is 20.9 Å². The second-order valence-electron chi connectivity index (χ2n) is 5.59. The highest BCUT2D eigenvalue weighted by Crippen LogP contribution is 2.25. The van der Waals surface area contributed by atoms with Gasteiger partial charge in [-0.2, -0.15) is 0 Å². The summed E-state index contributed by atoms with van der Waals surface area (Å²) in [5, 5.41) is 6.93. The lowest BCUT2D eigenvalue weighted by molar-refractivity contribution is -0.121. The largest absolute Gasteiger partial charge is 0.374 e. The highest BCUT2D eigenvalue weighted by atomic mass is 32.1. The minimum atomic E-state index is -0.428. The third-order valence-electron chi connectivity index (χ3n) is 3.68. The molecule has 0 fully saturated rings. The van der Waals surface area contributed by atoms with E-state index in [0.29, 0.717) is 5.56 Å². The average molecular weight is 343 g/mol. The molecule has 3 rings (SSSR count). The van der Waals surface area contributed by atoms with E-state index < -0.39 is 6.04 Å². The van der Waals surface area contributed by atoms with Gasteiger partial charge in [0.1, 0.15) is 11.9 Å². The summed E-state index contributed by atoms with van der Waals surface area (Å²) in [5.41, 5.74) is 2.29. The first-order valence-electron chi connectivity index (χ1n) is 7.68. The molecule has 2 aromatic carbocycles. The van der Waals surface area contributed by atoms with Gasteiger partial charge in [0.05, 0.1) is 15.2 Å². The van der Waals surface area contributed by atoms with Crippen molar-refractivity contribution in [3.05, 3.63) is 58.9 Å². The first kappa shape index (κ1) is 16.4. The maximum atomic E-state index is 13.6. The summed E-state index contributed by atoms with van der Waals surface area (Å²) in [6.07, 6.45) is 0. The van der Waals surface area contributed by atoms with Gasteiger partial charge in [0.15, 0.2) is 0 Å². The van der Waals surface area contributed by atoms with Crippen molar-refractivity contribution < 1.29 is 9.18 Å². The minimum Gasteiger partial charge on any atom is -0.374 e. The molecule has 0 bridgehead atoms. The standard InChI is InChI=1S/C18H18FN3OS/c1-11(18(23)20-10-13-5-3-4-6-15(13)19)21-14-7-8-16-17(9-14)24-12(2)22-16/h3-9,11,21H,10H2,1-2H3,(H,20,23). The van der Waals surface area contributed by atoms with Crippen molar-refractivity contribution in [2.24, 2.45) is 0 Å². The molecule has 0 aliphatic rings. The van der Waals surface area contributed by atoms with Crippen molar-refractivity contribution in [2.45, 2.75) is 26.4 Å². The van der Waals surface area contributed by atoms with Gasteiger partial charge in [0.25, 0.3) is 0 Å². The Hall–Kier alpha value is -2.47. The van der Waals surface area contributed by atoms with E-state index in [1.165, 1.54) is 6.07 Å². The maximum absolute atomic E-state index is 13.6. The molecule has 4 nitrogen and oxygen atoms in total. The van der Waals surface area contributed by atoms with Crippen LogP contribution in [0.3, 0.4) is 0 Å². The van der Waals surface area contributed by atoms with Crippen LogP contribution < -0.4 is 10.6 Å². The molecular formula is C18H18FN3OS. The Morgan fingerprint density at radius 1 is 1.29 bits per heavy atom. The number of fused-ring (bicyclic) bond motifs is 1. The SMILES string of the molecule is Cc1nc2ccc(NC(C)C(=O)NCc3ccccc3F)cc2s1. The fraction of sp³-hybridized carbons (Fsp3) is 0.222. The first-order valence-corrected chi connectivity index (χ1v) is 8.49. The third-order valence-corrected chi connectivity index (χ3v) is 4.62. The summed E-state index contributed by atoms with van der Waals surface area (Å²) >= 11 is 1.62. The van der Waals surface area contributed by atoms with Crippen molar-refractivity contribution in [1.29, 1.82) is 0 Å². The molecule has 3 aromatic rings. The van der Waals surface area contributed by atoms with E-state index in [9.17, 15) is 9.18 Å². The number of aromatic nitrogens is 1. The van der Waals surface area contributed by atoms with Gasteiger partial charge >= 0.3 is 0 Å². The van der Waals surface area contributed by atoms with E-state index in [-0.39, 0.29) is 18.3 Å². The lowest BCUT2D eigenvalue weighted by Gasteiger charge is -2.15. The molecule has 6 heteroatoms. The number of nitrogens with zero attached hydrogens (tertiary/aromatic N) is 1. The molecule has 124 valence electrons. The quantitative estimate of drug-likeness (QED) is 0.740. The second-order valence-corrected chi connectivity index (χ2v) is 6.83. The molecule has 1 heterocycles. The lowest BCUT2D eigenvalue weighted by Crippen LogP contribution is -2.37.